The second kappa shape index (κ2) is 9.18. The Hall–Kier alpha value is -2.13. The zero-order chi connectivity index (χ0) is 20.0. The largest absolute Gasteiger partial charge is 0.496 e. The minimum Gasteiger partial charge on any atom is -0.496 e. The van der Waals surface area contributed by atoms with Gasteiger partial charge in [0.05, 0.1) is 24.3 Å². The molecule has 9 heteroatoms. The Morgan fingerprint density at radius 3 is 2.74 bits per heavy atom. The van der Waals surface area contributed by atoms with Crippen LogP contribution in [0, 0.1) is 5.92 Å². The average Bonchev–Trinajstić information content (AvgIpc) is 2.67. The van der Waals surface area contributed by atoms with Gasteiger partial charge >= 0.3 is 5.97 Å². The van der Waals surface area contributed by atoms with Crippen molar-refractivity contribution in [3.63, 3.8) is 0 Å². The molecule has 27 heavy (non-hydrogen) atoms. The van der Waals surface area contributed by atoms with Crippen molar-refractivity contribution in [1.82, 2.24) is 9.62 Å². The van der Waals surface area contributed by atoms with E-state index in [1.807, 2.05) is 0 Å². The Morgan fingerprint density at radius 2 is 2.11 bits per heavy atom. The monoisotopic (exact) mass is 398 g/mol. The predicted octanol–water partition coefficient (Wildman–Crippen LogP) is 1.11. The number of hydrogen-bond donors (Lipinski definition) is 2. The van der Waals surface area contributed by atoms with E-state index < -0.39 is 16.0 Å². The number of benzene rings is 1. The number of rotatable bonds is 8. The van der Waals surface area contributed by atoms with Gasteiger partial charge in [-0.3, -0.25) is 4.79 Å². The maximum atomic E-state index is 12.4. The molecule has 2 rings (SSSR count). The van der Waals surface area contributed by atoms with Gasteiger partial charge in [0.15, 0.2) is 0 Å². The van der Waals surface area contributed by atoms with E-state index in [2.05, 4.69) is 5.32 Å². The lowest BCUT2D eigenvalue weighted by atomic mass is 9.98. The third-order valence-corrected chi connectivity index (χ3v) is 6.59. The van der Waals surface area contributed by atoms with Gasteiger partial charge in [0.1, 0.15) is 5.75 Å². The van der Waals surface area contributed by atoms with Crippen molar-refractivity contribution in [1.29, 1.82) is 0 Å². The highest BCUT2D eigenvalue weighted by molar-refractivity contribution is 7.89. The number of carboxylic acid groups (broad SMARTS) is 1. The van der Waals surface area contributed by atoms with Crippen molar-refractivity contribution in [3.8, 4) is 5.75 Å². The van der Waals surface area contributed by atoms with E-state index in [0.29, 0.717) is 38.1 Å². The number of methoxy groups -OCH3 is 1. The molecule has 1 heterocycles. The fraction of sp³-hybridized carbons (Fsp3) is 0.556. The fourth-order valence-electron chi connectivity index (χ4n) is 3.14. The van der Waals surface area contributed by atoms with Crippen LogP contribution in [0.2, 0.25) is 0 Å². The second-order valence-corrected chi connectivity index (χ2v) is 8.73. The summed E-state index contributed by atoms with van der Waals surface area (Å²) in [6.07, 6.45) is 1.82. The number of nitrogens with one attached hydrogen (secondary N) is 1. The molecule has 0 aromatic heterocycles. The van der Waals surface area contributed by atoms with E-state index in [-0.39, 0.29) is 29.7 Å². The average molecular weight is 398 g/mol. The molecule has 2 N–H and O–H groups in total. The summed E-state index contributed by atoms with van der Waals surface area (Å²) in [7, 11) is -1.82. The molecule has 0 bridgehead atoms. The van der Waals surface area contributed by atoms with Crippen LogP contribution in [0.4, 0.5) is 0 Å². The van der Waals surface area contributed by atoms with Crippen molar-refractivity contribution >= 4 is 21.9 Å². The van der Waals surface area contributed by atoms with E-state index in [4.69, 9.17) is 9.84 Å². The summed E-state index contributed by atoms with van der Waals surface area (Å²) in [6, 6.07) is 4.62. The van der Waals surface area contributed by atoms with Gasteiger partial charge in [-0.15, -0.1) is 0 Å². The van der Waals surface area contributed by atoms with Crippen molar-refractivity contribution in [3.05, 3.63) is 29.3 Å². The molecule has 150 valence electrons. The van der Waals surface area contributed by atoms with Gasteiger partial charge in [0, 0.05) is 19.6 Å². The number of carbonyl (C=O) groups excluding carboxylic acids is 1. The van der Waals surface area contributed by atoms with Gasteiger partial charge in [-0.2, -0.15) is 0 Å². The standard InChI is InChI=1S/C18H26N2O6S/c1-3-27(24,25)20-10-4-5-15(12-20)17(21)19-9-8-13-6-7-14(18(22)23)11-16(13)26-2/h6-7,11,15H,3-5,8-10,12H2,1-2H3,(H,19,21)(H,22,23). The number of hydrogen-bond acceptors (Lipinski definition) is 5. The molecule has 1 aromatic carbocycles. The van der Waals surface area contributed by atoms with Gasteiger partial charge in [-0.1, -0.05) is 6.07 Å². The van der Waals surface area contributed by atoms with E-state index in [1.54, 1.807) is 13.0 Å². The third-order valence-electron chi connectivity index (χ3n) is 4.74. The predicted molar refractivity (Wildman–Crippen MR) is 100 cm³/mol. The van der Waals surface area contributed by atoms with Crippen molar-refractivity contribution in [2.45, 2.75) is 26.2 Å². The Labute approximate surface area is 159 Å². The lowest BCUT2D eigenvalue weighted by Gasteiger charge is -2.30. The zero-order valence-corrected chi connectivity index (χ0v) is 16.4. The molecule has 8 nitrogen and oxygen atoms in total. The Balaban J connectivity index is 1.91. The topological polar surface area (TPSA) is 113 Å². The van der Waals surface area contributed by atoms with Crippen molar-refractivity contribution < 1.29 is 27.9 Å². The number of amides is 1. The van der Waals surface area contributed by atoms with Gasteiger partial charge in [-0.05, 0) is 43.9 Å². The van der Waals surface area contributed by atoms with Crippen LogP contribution in [0.1, 0.15) is 35.7 Å². The molecule has 1 aliphatic rings. The summed E-state index contributed by atoms with van der Waals surface area (Å²) in [4.78, 5) is 23.4. The molecule has 1 atom stereocenters. The quantitative estimate of drug-likeness (QED) is 0.678. The number of aromatic carboxylic acids is 1. The SMILES string of the molecule is CCS(=O)(=O)N1CCCC(C(=O)NCCc2ccc(C(=O)O)cc2OC)C1. The minimum atomic E-state index is -3.28. The van der Waals surface area contributed by atoms with E-state index >= 15 is 0 Å². The van der Waals surface area contributed by atoms with Gasteiger partial charge < -0.3 is 15.2 Å². The molecule has 1 amide bonds. The maximum Gasteiger partial charge on any atom is 0.335 e. The number of piperidine rings is 1. The van der Waals surface area contributed by atoms with Crippen LogP contribution in [0.25, 0.3) is 0 Å². The molecular formula is C18H26N2O6S. The molecule has 0 radical (unpaired) electrons. The first-order valence-corrected chi connectivity index (χ1v) is 10.5. The highest BCUT2D eigenvalue weighted by Crippen LogP contribution is 2.22. The molecule has 0 spiro atoms. The molecule has 1 saturated heterocycles. The van der Waals surface area contributed by atoms with E-state index in [9.17, 15) is 18.0 Å². The van der Waals surface area contributed by atoms with Crippen LogP contribution in [0.3, 0.4) is 0 Å². The van der Waals surface area contributed by atoms with E-state index in [1.165, 1.54) is 23.5 Å². The van der Waals surface area contributed by atoms with Gasteiger partial charge in [-0.25, -0.2) is 17.5 Å². The first-order valence-electron chi connectivity index (χ1n) is 8.94. The molecular weight excluding hydrogens is 372 g/mol. The second-order valence-electron chi connectivity index (χ2n) is 6.47. The number of sulfonamides is 1. The number of nitrogens with zero attached hydrogens (tertiary/aromatic N) is 1. The summed E-state index contributed by atoms with van der Waals surface area (Å²) in [6.45, 7) is 2.65. The summed E-state index contributed by atoms with van der Waals surface area (Å²) in [5, 5.41) is 11.9. The molecule has 1 aromatic rings. The molecule has 0 saturated carbocycles. The Morgan fingerprint density at radius 1 is 1.37 bits per heavy atom. The summed E-state index contributed by atoms with van der Waals surface area (Å²) >= 11 is 0. The number of carbonyl (C=O) groups is 2. The molecule has 1 aliphatic heterocycles. The van der Waals surface area contributed by atoms with Gasteiger partial charge in [0.25, 0.3) is 0 Å². The minimum absolute atomic E-state index is 0.0352. The van der Waals surface area contributed by atoms with Crippen LogP contribution in [-0.2, 0) is 21.2 Å². The smallest absolute Gasteiger partial charge is 0.335 e. The maximum absolute atomic E-state index is 12.4. The highest BCUT2D eigenvalue weighted by atomic mass is 32.2. The third kappa shape index (κ3) is 5.43. The lowest BCUT2D eigenvalue weighted by molar-refractivity contribution is -0.126. The van der Waals surface area contributed by atoms with Crippen molar-refractivity contribution in [2.24, 2.45) is 5.92 Å². The van der Waals surface area contributed by atoms with Crippen LogP contribution in [0.15, 0.2) is 18.2 Å². The molecule has 1 unspecified atom stereocenters. The van der Waals surface area contributed by atoms with Crippen LogP contribution in [0.5, 0.6) is 5.75 Å². The summed E-state index contributed by atoms with van der Waals surface area (Å²) in [5.41, 5.74) is 0.931. The fourth-order valence-corrected chi connectivity index (χ4v) is 4.32. The summed E-state index contributed by atoms with van der Waals surface area (Å²) in [5.74, 6) is -1.05. The molecule has 0 aliphatic carbocycles. The first-order chi connectivity index (χ1) is 12.8. The lowest BCUT2D eigenvalue weighted by Crippen LogP contribution is -2.46. The van der Waals surface area contributed by atoms with Crippen molar-refractivity contribution in [2.75, 3.05) is 32.5 Å². The molecule has 1 fully saturated rings. The highest BCUT2D eigenvalue weighted by Gasteiger charge is 2.31. The van der Waals surface area contributed by atoms with Crippen LogP contribution >= 0.6 is 0 Å². The van der Waals surface area contributed by atoms with E-state index in [0.717, 1.165) is 5.56 Å². The first kappa shape index (κ1) is 21.2. The number of carboxylic acids is 1. The number of ether oxygens (including phenoxy) is 1. The summed E-state index contributed by atoms with van der Waals surface area (Å²) < 4.78 is 30.6. The zero-order valence-electron chi connectivity index (χ0n) is 15.6. The van der Waals surface area contributed by atoms with Crippen LogP contribution in [-0.4, -0.2) is 62.2 Å². The van der Waals surface area contributed by atoms with Gasteiger partial charge in [0.2, 0.25) is 15.9 Å². The Kier molecular flexibility index (Phi) is 7.20. The Bertz CT molecular complexity index is 793. The van der Waals surface area contributed by atoms with Crippen LogP contribution < -0.4 is 10.1 Å². The normalized spacial score (nSPS) is 18.1.